The van der Waals surface area contributed by atoms with Gasteiger partial charge >= 0.3 is 12.3 Å². The van der Waals surface area contributed by atoms with E-state index in [2.05, 4.69) is 4.98 Å². The monoisotopic (exact) mass is 550 g/mol. The molecular formula is C29H29F3N6O2. The summed E-state index contributed by atoms with van der Waals surface area (Å²) in [7, 11) is 0. The molecule has 5 rings (SSSR count). The molecular weight excluding hydrogens is 521 g/mol. The average Bonchev–Trinajstić information content (AvgIpc) is 3.35. The second kappa shape index (κ2) is 10.7. The van der Waals surface area contributed by atoms with Gasteiger partial charge in [-0.2, -0.15) is 18.3 Å². The van der Waals surface area contributed by atoms with Crippen LogP contribution < -0.4 is 0 Å². The second-order valence-electron chi connectivity index (χ2n) is 10.7. The molecule has 0 radical (unpaired) electrons. The van der Waals surface area contributed by atoms with Gasteiger partial charge in [0.05, 0.1) is 30.0 Å². The van der Waals surface area contributed by atoms with E-state index < -0.39 is 23.4 Å². The first kappa shape index (κ1) is 27.3. The number of fused-ring (bicyclic) bond motifs is 1. The zero-order chi connectivity index (χ0) is 28.5. The fourth-order valence-corrected chi connectivity index (χ4v) is 4.50. The third-order valence-electron chi connectivity index (χ3n) is 6.36. The Morgan fingerprint density at radius 1 is 1.02 bits per heavy atom. The molecule has 3 aromatic heterocycles. The van der Waals surface area contributed by atoms with Crippen LogP contribution in [-0.2, 0) is 36.8 Å². The molecule has 40 heavy (non-hydrogen) atoms. The van der Waals surface area contributed by atoms with Crippen molar-refractivity contribution < 1.29 is 22.7 Å². The van der Waals surface area contributed by atoms with Crippen LogP contribution >= 0.6 is 0 Å². The van der Waals surface area contributed by atoms with Gasteiger partial charge in [-0.25, -0.2) is 14.8 Å². The highest BCUT2D eigenvalue weighted by Gasteiger charge is 2.31. The summed E-state index contributed by atoms with van der Waals surface area (Å²) in [5, 5.41) is 4.74. The summed E-state index contributed by atoms with van der Waals surface area (Å²) in [6, 6.07) is 10.7. The number of aromatic nitrogens is 5. The van der Waals surface area contributed by atoms with Gasteiger partial charge in [0.2, 0.25) is 0 Å². The number of pyridine rings is 1. The zero-order valence-corrected chi connectivity index (χ0v) is 22.4. The van der Waals surface area contributed by atoms with Crippen molar-refractivity contribution in [1.29, 1.82) is 0 Å². The van der Waals surface area contributed by atoms with Crippen LogP contribution in [0.1, 0.15) is 54.5 Å². The van der Waals surface area contributed by atoms with Crippen LogP contribution in [0.15, 0.2) is 61.1 Å². The Morgan fingerprint density at radius 3 is 2.48 bits per heavy atom. The molecule has 1 aliphatic rings. The van der Waals surface area contributed by atoms with E-state index in [0.717, 1.165) is 23.3 Å². The lowest BCUT2D eigenvalue weighted by molar-refractivity contribution is -0.137. The molecule has 0 aliphatic carbocycles. The van der Waals surface area contributed by atoms with Gasteiger partial charge < -0.3 is 9.64 Å². The highest BCUT2D eigenvalue weighted by Crippen LogP contribution is 2.31. The summed E-state index contributed by atoms with van der Waals surface area (Å²) >= 11 is 0. The van der Waals surface area contributed by atoms with E-state index in [4.69, 9.17) is 19.8 Å². The molecule has 0 saturated carbocycles. The topological polar surface area (TPSA) is 86.0 Å². The van der Waals surface area contributed by atoms with Crippen molar-refractivity contribution in [2.75, 3.05) is 6.54 Å². The quantitative estimate of drug-likeness (QED) is 0.318. The lowest BCUT2D eigenvalue weighted by atomic mass is 10.0. The minimum atomic E-state index is -4.41. The Balaban J connectivity index is 1.47. The first-order valence-electron chi connectivity index (χ1n) is 12.9. The molecule has 1 aromatic carbocycles. The van der Waals surface area contributed by atoms with Crippen molar-refractivity contribution in [2.24, 2.45) is 0 Å². The Labute approximate surface area is 229 Å². The molecule has 11 heteroatoms. The van der Waals surface area contributed by atoms with E-state index in [9.17, 15) is 18.0 Å². The second-order valence-corrected chi connectivity index (χ2v) is 10.7. The Hall–Kier alpha value is -4.28. The third-order valence-corrected chi connectivity index (χ3v) is 6.36. The Morgan fingerprint density at radius 2 is 1.80 bits per heavy atom. The van der Waals surface area contributed by atoms with E-state index in [1.807, 2.05) is 45.2 Å². The van der Waals surface area contributed by atoms with Gasteiger partial charge in [0.25, 0.3) is 0 Å². The minimum absolute atomic E-state index is 0.223. The molecule has 0 fully saturated rings. The first-order chi connectivity index (χ1) is 18.9. The maximum absolute atomic E-state index is 13.0. The van der Waals surface area contributed by atoms with Crippen LogP contribution in [0.2, 0.25) is 0 Å². The SMILES string of the molecule is CC(C)(C)OC(=O)N1CCc2c(nc(Cc3ccc(C(F)(F)F)cc3)nc2-c2ccn(Cc3cccnc3)n2)C1. The molecule has 0 N–H and O–H groups in total. The van der Waals surface area contributed by atoms with E-state index in [1.54, 1.807) is 22.0 Å². The van der Waals surface area contributed by atoms with Crippen LogP contribution in [0.4, 0.5) is 18.0 Å². The van der Waals surface area contributed by atoms with Gasteiger partial charge in [0, 0.05) is 37.1 Å². The fraction of sp³-hybridized carbons (Fsp3) is 0.345. The third kappa shape index (κ3) is 6.47. The predicted molar refractivity (Wildman–Crippen MR) is 141 cm³/mol. The van der Waals surface area contributed by atoms with Crippen molar-refractivity contribution in [3.63, 3.8) is 0 Å². The zero-order valence-electron chi connectivity index (χ0n) is 22.4. The van der Waals surface area contributed by atoms with Crippen molar-refractivity contribution in [3.05, 3.63) is 94.8 Å². The number of rotatable bonds is 5. The van der Waals surface area contributed by atoms with Crippen molar-refractivity contribution in [1.82, 2.24) is 29.6 Å². The standard InChI is InChI=1S/C29H29F3N6O2/c1-28(2,3)40-27(39)37-13-10-22-24(18-37)34-25(15-19-6-8-21(9-7-19)29(30,31)32)35-26(22)23-11-14-38(36-23)17-20-5-4-12-33-16-20/h4-9,11-12,14,16H,10,13,15,17-18H2,1-3H3. The van der Waals surface area contributed by atoms with Gasteiger partial charge in [-0.05, 0) is 62.6 Å². The van der Waals surface area contributed by atoms with E-state index >= 15 is 0 Å². The highest BCUT2D eigenvalue weighted by molar-refractivity contribution is 5.69. The lowest BCUT2D eigenvalue weighted by Gasteiger charge is -2.31. The number of amides is 1. The van der Waals surface area contributed by atoms with Crippen molar-refractivity contribution >= 4 is 6.09 Å². The molecule has 208 valence electrons. The predicted octanol–water partition coefficient (Wildman–Crippen LogP) is 5.69. The molecule has 4 heterocycles. The maximum Gasteiger partial charge on any atom is 0.416 e. The van der Waals surface area contributed by atoms with Gasteiger partial charge in [0.1, 0.15) is 17.1 Å². The number of alkyl halides is 3. The number of carbonyl (C=O) groups is 1. The lowest BCUT2D eigenvalue weighted by Crippen LogP contribution is -2.40. The van der Waals surface area contributed by atoms with Crippen LogP contribution in [0, 0.1) is 0 Å². The number of hydrogen-bond donors (Lipinski definition) is 0. The van der Waals surface area contributed by atoms with E-state index in [-0.39, 0.29) is 13.0 Å². The Bertz CT molecular complexity index is 1500. The number of carbonyl (C=O) groups excluding carboxylic acids is 1. The molecule has 0 saturated heterocycles. The largest absolute Gasteiger partial charge is 0.444 e. The number of halogens is 3. The molecule has 4 aromatic rings. The summed E-state index contributed by atoms with van der Waals surface area (Å²) in [6.45, 7) is 6.64. The van der Waals surface area contributed by atoms with Crippen LogP contribution in [0.3, 0.4) is 0 Å². The average molecular weight is 551 g/mol. The number of hydrogen-bond acceptors (Lipinski definition) is 6. The molecule has 0 atom stereocenters. The maximum atomic E-state index is 13.0. The number of benzene rings is 1. The van der Waals surface area contributed by atoms with Gasteiger partial charge in [-0.3, -0.25) is 9.67 Å². The van der Waals surface area contributed by atoms with E-state index in [1.165, 1.54) is 12.1 Å². The number of nitrogens with zero attached hydrogens (tertiary/aromatic N) is 6. The molecule has 0 unspecified atom stereocenters. The smallest absolute Gasteiger partial charge is 0.416 e. The molecule has 8 nitrogen and oxygen atoms in total. The van der Waals surface area contributed by atoms with Gasteiger partial charge in [-0.1, -0.05) is 18.2 Å². The molecule has 0 bridgehead atoms. The fourth-order valence-electron chi connectivity index (χ4n) is 4.50. The Kier molecular flexibility index (Phi) is 7.31. The normalized spacial score (nSPS) is 13.7. The number of ether oxygens (including phenoxy) is 1. The van der Waals surface area contributed by atoms with Crippen molar-refractivity contribution in [2.45, 2.75) is 58.5 Å². The summed E-state index contributed by atoms with van der Waals surface area (Å²) in [4.78, 5) is 28.1. The van der Waals surface area contributed by atoms with Crippen LogP contribution in [0.5, 0.6) is 0 Å². The molecule has 1 amide bonds. The highest BCUT2D eigenvalue weighted by atomic mass is 19.4. The summed E-state index contributed by atoms with van der Waals surface area (Å²) < 4.78 is 46.5. The summed E-state index contributed by atoms with van der Waals surface area (Å²) in [6.07, 6.45) is 1.26. The summed E-state index contributed by atoms with van der Waals surface area (Å²) in [5.74, 6) is 0.432. The first-order valence-corrected chi connectivity index (χ1v) is 12.9. The minimum Gasteiger partial charge on any atom is -0.444 e. The molecule has 0 spiro atoms. The van der Waals surface area contributed by atoms with E-state index in [0.29, 0.717) is 48.0 Å². The van der Waals surface area contributed by atoms with Crippen LogP contribution in [0.25, 0.3) is 11.4 Å². The van der Waals surface area contributed by atoms with Gasteiger partial charge in [0.15, 0.2) is 0 Å². The van der Waals surface area contributed by atoms with Crippen molar-refractivity contribution in [3.8, 4) is 11.4 Å². The summed E-state index contributed by atoms with van der Waals surface area (Å²) in [5.41, 5.74) is 3.16. The van der Waals surface area contributed by atoms with Crippen LogP contribution in [-0.4, -0.2) is 47.9 Å². The molecule has 1 aliphatic heterocycles. The van der Waals surface area contributed by atoms with Gasteiger partial charge in [-0.15, -0.1) is 0 Å².